The molecule has 0 atom stereocenters. The van der Waals surface area contributed by atoms with Gasteiger partial charge in [0, 0.05) is 0 Å². The van der Waals surface area contributed by atoms with E-state index in [9.17, 15) is 19.7 Å². The molecule has 31 heavy (non-hydrogen) atoms. The van der Waals surface area contributed by atoms with Crippen molar-refractivity contribution < 1.29 is 24.0 Å². The Balaban J connectivity index is 2.17. The van der Waals surface area contributed by atoms with Crippen LogP contribution in [-0.4, -0.2) is 36.1 Å². The van der Waals surface area contributed by atoms with Gasteiger partial charge in [-0.1, -0.05) is 29.3 Å². The van der Waals surface area contributed by atoms with E-state index in [2.05, 4.69) is 5.32 Å². The molecule has 0 aromatic heterocycles. The molecule has 0 radical (unpaired) electrons. The van der Waals surface area contributed by atoms with E-state index in [4.69, 9.17) is 44.9 Å². The quantitative estimate of drug-likeness (QED) is 0.227. The zero-order valence-corrected chi connectivity index (χ0v) is 18.3. The Kier molecular flexibility index (Phi) is 6.44. The third-order valence-electron chi connectivity index (χ3n) is 4.30. The van der Waals surface area contributed by atoms with E-state index in [0.717, 1.165) is 17.0 Å². The number of nitro benzene ring substituents is 1. The second-order valence-corrected chi connectivity index (χ2v) is 7.23. The first-order valence-electron chi connectivity index (χ1n) is 8.45. The normalized spacial score (nSPS) is 15.2. The van der Waals surface area contributed by atoms with Gasteiger partial charge < -0.3 is 9.47 Å². The van der Waals surface area contributed by atoms with Gasteiger partial charge in [0.2, 0.25) is 0 Å². The number of nitro groups is 1. The highest BCUT2D eigenvalue weighted by Crippen LogP contribution is 2.37. The summed E-state index contributed by atoms with van der Waals surface area (Å²) in [5.74, 6) is -1.37. The predicted molar refractivity (Wildman–Crippen MR) is 119 cm³/mol. The Labute approximate surface area is 191 Å². The second-order valence-electron chi connectivity index (χ2n) is 6.05. The van der Waals surface area contributed by atoms with Crippen molar-refractivity contribution in [2.75, 3.05) is 19.1 Å². The molecule has 12 heteroatoms. The molecule has 0 spiro atoms. The summed E-state index contributed by atoms with van der Waals surface area (Å²) in [6, 6.07) is 6.98. The van der Waals surface area contributed by atoms with Gasteiger partial charge in [-0.3, -0.25) is 29.9 Å². The van der Waals surface area contributed by atoms with Gasteiger partial charge in [0.15, 0.2) is 16.6 Å². The Morgan fingerprint density at radius 2 is 1.81 bits per heavy atom. The number of methoxy groups -OCH3 is 2. The number of benzene rings is 2. The van der Waals surface area contributed by atoms with Crippen LogP contribution in [0.15, 0.2) is 35.9 Å². The van der Waals surface area contributed by atoms with Crippen molar-refractivity contribution in [1.82, 2.24) is 5.32 Å². The number of amides is 2. The molecule has 1 N–H and O–H groups in total. The van der Waals surface area contributed by atoms with Gasteiger partial charge in [0.05, 0.1) is 46.5 Å². The lowest BCUT2D eigenvalue weighted by Crippen LogP contribution is -2.54. The Morgan fingerprint density at radius 3 is 2.42 bits per heavy atom. The van der Waals surface area contributed by atoms with Crippen molar-refractivity contribution in [2.45, 2.75) is 0 Å². The van der Waals surface area contributed by atoms with Gasteiger partial charge in [-0.25, -0.2) is 0 Å². The molecule has 1 fully saturated rings. The number of ether oxygens (including phenoxy) is 2. The summed E-state index contributed by atoms with van der Waals surface area (Å²) in [5, 5.41) is 13.9. The first kappa shape index (κ1) is 22.5. The number of hydrogen-bond donors (Lipinski definition) is 1. The topological polar surface area (TPSA) is 111 Å². The molecule has 1 aliphatic heterocycles. The number of carbonyl (C=O) groups excluding carboxylic acids is 2. The minimum absolute atomic E-state index is 0.0486. The van der Waals surface area contributed by atoms with Crippen molar-refractivity contribution in [2.24, 2.45) is 0 Å². The average molecular weight is 482 g/mol. The van der Waals surface area contributed by atoms with Gasteiger partial charge in [-0.2, -0.15) is 0 Å². The van der Waals surface area contributed by atoms with Gasteiger partial charge in [-0.05, 0) is 36.5 Å². The van der Waals surface area contributed by atoms with Crippen LogP contribution in [0.4, 0.5) is 11.4 Å². The maximum Gasteiger partial charge on any atom is 0.280 e. The number of nitrogens with one attached hydrogen (secondary N) is 1. The maximum atomic E-state index is 13.2. The molecule has 2 aromatic carbocycles. The summed E-state index contributed by atoms with van der Waals surface area (Å²) >= 11 is 17.4. The molecule has 160 valence electrons. The second kappa shape index (κ2) is 8.88. The number of anilines is 1. The first-order valence-corrected chi connectivity index (χ1v) is 9.61. The molecule has 0 aliphatic carbocycles. The first-order chi connectivity index (χ1) is 14.7. The molecular formula is C19H13Cl2N3O6S. The summed E-state index contributed by atoms with van der Waals surface area (Å²) in [6.45, 7) is 0. The molecule has 1 aliphatic rings. The fourth-order valence-electron chi connectivity index (χ4n) is 2.85. The van der Waals surface area contributed by atoms with Gasteiger partial charge in [-0.15, -0.1) is 0 Å². The summed E-state index contributed by atoms with van der Waals surface area (Å²) in [6.07, 6.45) is 1.07. The fourth-order valence-corrected chi connectivity index (χ4v) is 3.51. The van der Waals surface area contributed by atoms with Crippen molar-refractivity contribution in [3.63, 3.8) is 0 Å². The molecule has 0 saturated carbocycles. The summed E-state index contributed by atoms with van der Waals surface area (Å²) < 4.78 is 10.2. The third-order valence-corrected chi connectivity index (χ3v) is 5.40. The molecule has 1 saturated heterocycles. The highest BCUT2D eigenvalue weighted by molar-refractivity contribution is 7.80. The minimum atomic E-state index is -0.831. The Hall–Kier alpha value is -3.21. The van der Waals surface area contributed by atoms with E-state index in [0.29, 0.717) is 0 Å². The molecule has 0 bridgehead atoms. The zero-order chi connectivity index (χ0) is 22.9. The van der Waals surface area contributed by atoms with Crippen LogP contribution in [0.5, 0.6) is 11.5 Å². The van der Waals surface area contributed by atoms with Gasteiger partial charge >= 0.3 is 0 Å². The van der Waals surface area contributed by atoms with Crippen molar-refractivity contribution in [1.29, 1.82) is 0 Å². The number of halogens is 2. The summed E-state index contributed by atoms with van der Waals surface area (Å²) in [7, 11) is 2.67. The van der Waals surface area contributed by atoms with Crippen LogP contribution in [0.25, 0.3) is 6.08 Å². The van der Waals surface area contributed by atoms with Crippen molar-refractivity contribution >= 4 is 69.8 Å². The number of nitrogens with zero attached hydrogens (tertiary/aromatic N) is 2. The van der Waals surface area contributed by atoms with E-state index >= 15 is 0 Å². The minimum Gasteiger partial charge on any atom is -0.493 e. The lowest BCUT2D eigenvalue weighted by Gasteiger charge is -2.29. The lowest BCUT2D eigenvalue weighted by molar-refractivity contribution is -0.385. The van der Waals surface area contributed by atoms with Crippen LogP contribution in [0.3, 0.4) is 0 Å². The number of carbonyl (C=O) groups is 2. The number of hydrogen-bond acceptors (Lipinski definition) is 7. The van der Waals surface area contributed by atoms with Crippen LogP contribution in [0.2, 0.25) is 10.0 Å². The van der Waals surface area contributed by atoms with Crippen molar-refractivity contribution in [3.8, 4) is 11.5 Å². The van der Waals surface area contributed by atoms with Gasteiger partial charge in [0.25, 0.3) is 17.5 Å². The van der Waals surface area contributed by atoms with E-state index in [-0.39, 0.29) is 37.9 Å². The van der Waals surface area contributed by atoms with Crippen molar-refractivity contribution in [3.05, 3.63) is 61.6 Å². The van der Waals surface area contributed by atoms with Crippen LogP contribution < -0.4 is 19.7 Å². The van der Waals surface area contributed by atoms with Crippen LogP contribution in [-0.2, 0) is 9.59 Å². The van der Waals surface area contributed by atoms with E-state index in [1.807, 2.05) is 0 Å². The van der Waals surface area contributed by atoms with Gasteiger partial charge in [0.1, 0.15) is 5.57 Å². The molecule has 2 aromatic rings. The molecular weight excluding hydrogens is 469 g/mol. The van der Waals surface area contributed by atoms with Crippen LogP contribution in [0, 0.1) is 10.1 Å². The molecule has 3 rings (SSSR count). The van der Waals surface area contributed by atoms with E-state index in [1.165, 1.54) is 32.4 Å². The molecule has 2 amide bonds. The average Bonchev–Trinajstić information content (AvgIpc) is 2.73. The fraction of sp³-hybridized carbons (Fsp3) is 0.105. The summed E-state index contributed by atoms with van der Waals surface area (Å²) in [5.41, 5.74) is -0.700. The third kappa shape index (κ3) is 4.18. The highest BCUT2D eigenvalue weighted by atomic mass is 35.5. The largest absolute Gasteiger partial charge is 0.493 e. The Bertz CT molecular complexity index is 1170. The lowest BCUT2D eigenvalue weighted by atomic mass is 10.0. The van der Waals surface area contributed by atoms with Crippen LogP contribution in [0.1, 0.15) is 5.56 Å². The zero-order valence-electron chi connectivity index (χ0n) is 16.0. The predicted octanol–water partition coefficient (Wildman–Crippen LogP) is 3.75. The smallest absolute Gasteiger partial charge is 0.280 e. The SMILES string of the molecule is COc1cc(/C=C2\C(=O)NC(=S)N(c3cccc(Cl)c3Cl)C2=O)c([N+](=O)[O-])cc1OC. The molecule has 1 heterocycles. The molecule has 0 unspecified atom stereocenters. The maximum absolute atomic E-state index is 13.2. The number of thiocarbonyl (C=S) groups is 1. The van der Waals surface area contributed by atoms with Crippen LogP contribution >= 0.6 is 35.4 Å². The standard InChI is InChI=1S/C19H13Cl2N3O6S/c1-29-14-7-9(13(24(27)28)8-15(14)30-2)6-10-17(25)22-19(31)23(18(10)26)12-5-3-4-11(20)16(12)21/h3-8H,1-2H3,(H,22,25,31)/b10-6+. The Morgan fingerprint density at radius 1 is 1.16 bits per heavy atom. The monoisotopic (exact) mass is 481 g/mol. The molecule has 9 nitrogen and oxygen atoms in total. The van der Waals surface area contributed by atoms with E-state index in [1.54, 1.807) is 6.07 Å². The summed E-state index contributed by atoms with van der Waals surface area (Å²) in [4.78, 5) is 37.5. The van der Waals surface area contributed by atoms with E-state index < -0.39 is 28.0 Å². The number of rotatable bonds is 5. The highest BCUT2D eigenvalue weighted by Gasteiger charge is 2.36.